The molecule has 7 nitrogen and oxygen atoms in total. The summed E-state index contributed by atoms with van der Waals surface area (Å²) in [5.41, 5.74) is 3.56. The Balaban J connectivity index is 1.65. The Morgan fingerprint density at radius 3 is 2.54 bits per heavy atom. The molecule has 0 radical (unpaired) electrons. The van der Waals surface area contributed by atoms with Gasteiger partial charge in [0.05, 0.1) is 12.3 Å². The molecule has 0 unspecified atom stereocenters. The fourth-order valence-corrected chi connectivity index (χ4v) is 3.61. The molecule has 28 heavy (non-hydrogen) atoms. The normalized spacial score (nSPS) is 15.5. The number of aromatic nitrogens is 1. The molecule has 0 atom stereocenters. The number of H-pyrrole nitrogens is 1. The third kappa shape index (κ3) is 5.07. The predicted octanol–water partition coefficient (Wildman–Crippen LogP) is 1.35. The highest BCUT2D eigenvalue weighted by Gasteiger charge is 2.17. The van der Waals surface area contributed by atoms with Crippen LogP contribution in [-0.2, 0) is 6.54 Å². The lowest BCUT2D eigenvalue weighted by molar-refractivity contribution is 0.102. The second kappa shape index (κ2) is 9.14. The van der Waals surface area contributed by atoms with Gasteiger partial charge in [0, 0.05) is 56.6 Å². The molecule has 1 aromatic heterocycles. The zero-order valence-electron chi connectivity index (χ0n) is 16.5. The van der Waals surface area contributed by atoms with Gasteiger partial charge in [-0.2, -0.15) is 0 Å². The van der Waals surface area contributed by atoms with Crippen molar-refractivity contribution in [3.05, 3.63) is 63.1 Å². The van der Waals surface area contributed by atoms with E-state index in [1.54, 1.807) is 13.0 Å². The number of nitrogens with one attached hydrogen (secondary N) is 2. The van der Waals surface area contributed by atoms with Crippen molar-refractivity contribution in [3.8, 4) is 0 Å². The van der Waals surface area contributed by atoms with Gasteiger partial charge in [0.2, 0.25) is 5.56 Å². The number of aliphatic hydroxyl groups excluding tert-OH is 1. The number of hydrogen-bond acceptors (Lipinski definition) is 5. The molecule has 2 heterocycles. The molecule has 1 amide bonds. The first kappa shape index (κ1) is 20.3. The molecular formula is C21H28N4O3. The molecule has 1 fully saturated rings. The number of pyridine rings is 1. The lowest BCUT2D eigenvalue weighted by Gasteiger charge is -2.34. The van der Waals surface area contributed by atoms with E-state index >= 15 is 0 Å². The van der Waals surface area contributed by atoms with Crippen LogP contribution in [0, 0.1) is 13.8 Å². The number of carbonyl (C=O) groups is 1. The minimum absolute atomic E-state index is 0.172. The van der Waals surface area contributed by atoms with E-state index in [1.165, 1.54) is 6.07 Å². The number of aliphatic hydroxyl groups is 1. The van der Waals surface area contributed by atoms with Gasteiger partial charge in [-0.3, -0.25) is 19.4 Å². The van der Waals surface area contributed by atoms with Gasteiger partial charge < -0.3 is 15.4 Å². The number of amides is 1. The molecule has 0 saturated carbocycles. The number of aromatic amines is 1. The monoisotopic (exact) mass is 384 g/mol. The number of β-amino-alcohol motifs (C(OH)–C–C–N with tert-alkyl or cyclic N) is 1. The van der Waals surface area contributed by atoms with Crippen LogP contribution in [0.25, 0.3) is 0 Å². The molecule has 150 valence electrons. The third-order valence-corrected chi connectivity index (χ3v) is 5.14. The van der Waals surface area contributed by atoms with E-state index in [4.69, 9.17) is 5.11 Å². The Bertz CT molecular complexity index is 859. The molecule has 1 aromatic carbocycles. The van der Waals surface area contributed by atoms with Crippen molar-refractivity contribution < 1.29 is 9.90 Å². The summed E-state index contributed by atoms with van der Waals surface area (Å²) >= 11 is 0. The zero-order chi connectivity index (χ0) is 20.1. The largest absolute Gasteiger partial charge is 0.395 e. The summed E-state index contributed by atoms with van der Waals surface area (Å²) in [6.45, 7) is 9.11. The number of carbonyl (C=O) groups excluding carboxylic acids is 1. The van der Waals surface area contributed by atoms with Crippen LogP contribution in [0.3, 0.4) is 0 Å². The Kier molecular flexibility index (Phi) is 6.61. The summed E-state index contributed by atoms with van der Waals surface area (Å²) in [6.07, 6.45) is 0. The lowest BCUT2D eigenvalue weighted by Crippen LogP contribution is -2.46. The Morgan fingerprint density at radius 2 is 1.86 bits per heavy atom. The van der Waals surface area contributed by atoms with Gasteiger partial charge in [0.15, 0.2) is 0 Å². The molecule has 7 heteroatoms. The molecule has 0 bridgehead atoms. The number of anilines is 1. The number of hydrogen-bond donors (Lipinski definition) is 3. The van der Waals surface area contributed by atoms with Crippen molar-refractivity contribution in [3.63, 3.8) is 0 Å². The number of aryl methyl sites for hydroxylation is 2. The summed E-state index contributed by atoms with van der Waals surface area (Å²) in [6, 6.07) is 9.14. The Hall–Kier alpha value is -2.48. The number of rotatable bonds is 6. The maximum absolute atomic E-state index is 12.7. The van der Waals surface area contributed by atoms with Crippen molar-refractivity contribution in [2.24, 2.45) is 0 Å². The van der Waals surface area contributed by atoms with Crippen LogP contribution in [0.2, 0.25) is 0 Å². The minimum atomic E-state index is -0.187. The van der Waals surface area contributed by atoms with Gasteiger partial charge in [0.1, 0.15) is 0 Å². The van der Waals surface area contributed by atoms with Gasteiger partial charge in [-0.15, -0.1) is 0 Å². The van der Waals surface area contributed by atoms with Gasteiger partial charge in [-0.1, -0.05) is 12.1 Å². The highest BCUT2D eigenvalue weighted by atomic mass is 16.3. The first-order valence-electron chi connectivity index (χ1n) is 9.62. The fourth-order valence-electron chi connectivity index (χ4n) is 3.61. The van der Waals surface area contributed by atoms with E-state index in [-0.39, 0.29) is 18.1 Å². The van der Waals surface area contributed by atoms with Crippen LogP contribution < -0.4 is 10.9 Å². The van der Waals surface area contributed by atoms with Crippen molar-refractivity contribution in [2.45, 2.75) is 20.4 Å². The molecule has 2 aromatic rings. The van der Waals surface area contributed by atoms with Gasteiger partial charge in [0.25, 0.3) is 5.91 Å². The van der Waals surface area contributed by atoms with Crippen LogP contribution in [0.5, 0.6) is 0 Å². The highest BCUT2D eigenvalue weighted by molar-refractivity contribution is 6.05. The van der Waals surface area contributed by atoms with E-state index in [0.717, 1.165) is 50.4 Å². The molecule has 0 aliphatic carbocycles. The summed E-state index contributed by atoms with van der Waals surface area (Å²) in [5.74, 6) is -0.187. The molecule has 3 rings (SSSR count). The summed E-state index contributed by atoms with van der Waals surface area (Å²) in [4.78, 5) is 31.6. The second-order valence-corrected chi connectivity index (χ2v) is 7.31. The van der Waals surface area contributed by atoms with Crippen LogP contribution >= 0.6 is 0 Å². The number of piperazine rings is 1. The van der Waals surface area contributed by atoms with E-state index in [2.05, 4.69) is 20.1 Å². The van der Waals surface area contributed by atoms with Gasteiger partial charge in [-0.05, 0) is 37.1 Å². The van der Waals surface area contributed by atoms with Gasteiger partial charge >= 0.3 is 0 Å². The van der Waals surface area contributed by atoms with Crippen molar-refractivity contribution in [2.75, 3.05) is 44.6 Å². The average molecular weight is 384 g/mol. The second-order valence-electron chi connectivity index (χ2n) is 7.31. The highest BCUT2D eigenvalue weighted by Crippen LogP contribution is 2.18. The molecule has 0 spiro atoms. The van der Waals surface area contributed by atoms with Crippen LogP contribution in [0.15, 0.2) is 35.1 Å². The summed E-state index contributed by atoms with van der Waals surface area (Å²) < 4.78 is 0. The standard InChI is InChI=1S/C21H28N4O3/c1-15-12-19(27)22-16(2)20(15)23-21(28)18-5-3-4-17(13-18)14-25-8-6-24(7-9-25)10-11-26/h3-5,12-13,26H,6-11,14H2,1-2H3,(H,22,27)(H,23,28). The molecule has 1 aliphatic heterocycles. The first-order valence-corrected chi connectivity index (χ1v) is 9.62. The predicted molar refractivity (Wildman–Crippen MR) is 110 cm³/mol. The fraction of sp³-hybridized carbons (Fsp3) is 0.429. The summed E-state index contributed by atoms with van der Waals surface area (Å²) in [5, 5.41) is 12.0. The smallest absolute Gasteiger partial charge is 0.255 e. The Morgan fingerprint density at radius 1 is 1.14 bits per heavy atom. The van der Waals surface area contributed by atoms with E-state index in [1.807, 2.05) is 25.1 Å². The maximum atomic E-state index is 12.7. The molecule has 1 saturated heterocycles. The van der Waals surface area contributed by atoms with E-state index in [0.29, 0.717) is 16.9 Å². The molecular weight excluding hydrogens is 356 g/mol. The molecule has 1 aliphatic rings. The summed E-state index contributed by atoms with van der Waals surface area (Å²) in [7, 11) is 0. The topological polar surface area (TPSA) is 88.7 Å². The third-order valence-electron chi connectivity index (χ3n) is 5.14. The minimum Gasteiger partial charge on any atom is -0.395 e. The van der Waals surface area contributed by atoms with Crippen LogP contribution in [0.1, 0.15) is 27.2 Å². The Labute approximate surface area is 165 Å². The maximum Gasteiger partial charge on any atom is 0.255 e. The van der Waals surface area contributed by atoms with E-state index < -0.39 is 0 Å². The van der Waals surface area contributed by atoms with Crippen molar-refractivity contribution in [1.29, 1.82) is 0 Å². The number of benzene rings is 1. The van der Waals surface area contributed by atoms with Gasteiger partial charge in [-0.25, -0.2) is 0 Å². The van der Waals surface area contributed by atoms with Crippen LogP contribution in [-0.4, -0.2) is 65.1 Å². The van der Waals surface area contributed by atoms with Crippen molar-refractivity contribution >= 4 is 11.6 Å². The molecule has 3 N–H and O–H groups in total. The van der Waals surface area contributed by atoms with Crippen LogP contribution in [0.4, 0.5) is 5.69 Å². The van der Waals surface area contributed by atoms with Crippen molar-refractivity contribution in [1.82, 2.24) is 14.8 Å². The first-order chi connectivity index (χ1) is 13.5. The average Bonchev–Trinajstić information content (AvgIpc) is 2.66. The number of nitrogens with zero attached hydrogens (tertiary/aromatic N) is 2. The SMILES string of the molecule is Cc1cc(=O)[nH]c(C)c1NC(=O)c1cccc(CN2CCN(CCO)CC2)c1. The quantitative estimate of drug-likeness (QED) is 0.700. The lowest BCUT2D eigenvalue weighted by atomic mass is 10.1. The zero-order valence-corrected chi connectivity index (χ0v) is 16.5. The van der Waals surface area contributed by atoms with E-state index in [9.17, 15) is 9.59 Å².